The van der Waals surface area contributed by atoms with Crippen LogP contribution in [0.2, 0.25) is 0 Å². The molecule has 0 aromatic heterocycles. The summed E-state index contributed by atoms with van der Waals surface area (Å²) in [6.07, 6.45) is 1.85. The zero-order chi connectivity index (χ0) is 14.7. The molecule has 0 saturated heterocycles. The van der Waals surface area contributed by atoms with Crippen LogP contribution in [-0.4, -0.2) is 59.6 Å². The van der Waals surface area contributed by atoms with Gasteiger partial charge in [-0.2, -0.15) is 11.8 Å². The first-order chi connectivity index (χ1) is 9.00. The number of nitrogens with one attached hydrogen (secondary N) is 1. The van der Waals surface area contributed by atoms with Gasteiger partial charge in [-0.3, -0.25) is 4.79 Å². The normalized spacial score (nSPS) is 15.8. The summed E-state index contributed by atoms with van der Waals surface area (Å²) < 4.78 is 4.84. The number of thioether (sulfide) groups is 1. The van der Waals surface area contributed by atoms with Crippen LogP contribution >= 0.6 is 11.8 Å². The molecule has 2 atom stereocenters. The second-order valence-corrected chi connectivity index (χ2v) is 5.92. The summed E-state index contributed by atoms with van der Waals surface area (Å²) in [4.78, 5) is 11.8. The highest BCUT2D eigenvalue weighted by Gasteiger charge is 2.32. The summed E-state index contributed by atoms with van der Waals surface area (Å²) in [5.41, 5.74) is -0.638. The fourth-order valence-electron chi connectivity index (χ4n) is 1.69. The Morgan fingerprint density at radius 2 is 2.21 bits per heavy atom. The molecule has 0 saturated carbocycles. The topological polar surface area (TPSA) is 78.8 Å². The molecule has 0 amide bonds. The van der Waals surface area contributed by atoms with Crippen molar-refractivity contribution >= 4 is 17.7 Å². The molecule has 5 nitrogen and oxygen atoms in total. The molecule has 0 spiro atoms. The average Bonchev–Trinajstić information content (AvgIpc) is 2.43. The SMILES string of the molecule is CCCNC(C)(CCCSCC(O)CO)C(=O)OC. The fraction of sp³-hybridized carbons (Fsp3) is 0.923. The molecule has 3 N–H and O–H groups in total. The molecule has 0 aliphatic rings. The minimum atomic E-state index is -0.657. The Hall–Kier alpha value is -0.300. The minimum Gasteiger partial charge on any atom is -0.468 e. The zero-order valence-corrected chi connectivity index (χ0v) is 13.0. The second kappa shape index (κ2) is 10.5. The van der Waals surface area contributed by atoms with Crippen molar-refractivity contribution < 1.29 is 19.7 Å². The third-order valence-corrected chi connectivity index (χ3v) is 4.09. The molecular formula is C13H27NO4S. The van der Waals surface area contributed by atoms with E-state index in [9.17, 15) is 9.90 Å². The number of aliphatic hydroxyl groups is 2. The Morgan fingerprint density at radius 1 is 1.53 bits per heavy atom. The van der Waals surface area contributed by atoms with Gasteiger partial charge in [0.2, 0.25) is 0 Å². The fourth-order valence-corrected chi connectivity index (χ4v) is 2.58. The second-order valence-electron chi connectivity index (χ2n) is 4.77. The number of hydrogen-bond acceptors (Lipinski definition) is 6. The molecule has 0 fully saturated rings. The van der Waals surface area contributed by atoms with Gasteiger partial charge in [0.25, 0.3) is 0 Å². The quantitative estimate of drug-likeness (QED) is 0.386. The van der Waals surface area contributed by atoms with Crippen LogP contribution < -0.4 is 5.32 Å². The van der Waals surface area contributed by atoms with E-state index in [0.29, 0.717) is 12.2 Å². The van der Waals surface area contributed by atoms with Crippen molar-refractivity contribution in [3.63, 3.8) is 0 Å². The van der Waals surface area contributed by atoms with Gasteiger partial charge < -0.3 is 20.3 Å². The van der Waals surface area contributed by atoms with E-state index in [4.69, 9.17) is 9.84 Å². The van der Waals surface area contributed by atoms with Crippen molar-refractivity contribution in [1.29, 1.82) is 0 Å². The number of carbonyl (C=O) groups excluding carboxylic acids is 1. The van der Waals surface area contributed by atoms with Gasteiger partial charge in [0, 0.05) is 5.75 Å². The highest BCUT2D eigenvalue weighted by Crippen LogP contribution is 2.17. The van der Waals surface area contributed by atoms with Crippen LogP contribution in [0, 0.1) is 0 Å². The van der Waals surface area contributed by atoms with Crippen molar-refractivity contribution in [3.8, 4) is 0 Å². The van der Waals surface area contributed by atoms with Crippen LogP contribution in [0.15, 0.2) is 0 Å². The number of methoxy groups -OCH3 is 1. The van der Waals surface area contributed by atoms with E-state index in [1.165, 1.54) is 7.11 Å². The van der Waals surface area contributed by atoms with Crippen molar-refractivity contribution in [2.75, 3.05) is 31.8 Å². The van der Waals surface area contributed by atoms with Crippen LogP contribution in [0.5, 0.6) is 0 Å². The van der Waals surface area contributed by atoms with Gasteiger partial charge in [0.05, 0.1) is 19.8 Å². The molecule has 6 heteroatoms. The van der Waals surface area contributed by atoms with Crippen molar-refractivity contribution in [2.45, 2.75) is 44.8 Å². The standard InChI is InChI=1S/C13H27NO4S/c1-4-7-14-13(2,12(17)18-3)6-5-8-19-10-11(16)9-15/h11,14-16H,4-10H2,1-3H3. The molecule has 0 aliphatic carbocycles. The molecule has 0 aromatic carbocycles. The number of carbonyl (C=O) groups is 1. The third-order valence-electron chi connectivity index (χ3n) is 2.89. The van der Waals surface area contributed by atoms with E-state index >= 15 is 0 Å². The van der Waals surface area contributed by atoms with Gasteiger partial charge in [-0.1, -0.05) is 6.92 Å². The predicted molar refractivity (Wildman–Crippen MR) is 78.4 cm³/mol. The van der Waals surface area contributed by atoms with Gasteiger partial charge in [0.15, 0.2) is 0 Å². The van der Waals surface area contributed by atoms with Crippen LogP contribution in [0.1, 0.15) is 33.1 Å². The minimum absolute atomic E-state index is 0.203. The van der Waals surface area contributed by atoms with E-state index in [1.807, 2.05) is 6.92 Å². The first-order valence-electron chi connectivity index (χ1n) is 6.70. The van der Waals surface area contributed by atoms with Gasteiger partial charge in [-0.15, -0.1) is 0 Å². The Morgan fingerprint density at radius 3 is 2.74 bits per heavy atom. The Bertz CT molecular complexity index is 253. The first kappa shape index (κ1) is 18.7. The first-order valence-corrected chi connectivity index (χ1v) is 7.85. The van der Waals surface area contributed by atoms with Crippen LogP contribution in [0.4, 0.5) is 0 Å². The summed E-state index contributed by atoms with van der Waals surface area (Å²) in [6.45, 7) is 4.49. The van der Waals surface area contributed by atoms with E-state index in [2.05, 4.69) is 12.2 Å². The molecule has 114 valence electrons. The highest BCUT2D eigenvalue weighted by atomic mass is 32.2. The zero-order valence-electron chi connectivity index (χ0n) is 12.1. The lowest BCUT2D eigenvalue weighted by molar-refractivity contribution is -0.148. The Labute approximate surface area is 120 Å². The summed E-state index contributed by atoms with van der Waals surface area (Å²) in [6, 6.07) is 0. The van der Waals surface area contributed by atoms with E-state index in [0.717, 1.165) is 25.1 Å². The molecule has 0 rings (SSSR count). The summed E-state index contributed by atoms with van der Waals surface area (Å²) in [7, 11) is 1.40. The largest absolute Gasteiger partial charge is 0.468 e. The Kier molecular flexibility index (Phi) is 10.3. The van der Waals surface area contributed by atoms with E-state index in [1.54, 1.807) is 11.8 Å². The summed E-state index contributed by atoms with van der Waals surface area (Å²) >= 11 is 1.58. The van der Waals surface area contributed by atoms with Crippen LogP contribution in [0.3, 0.4) is 0 Å². The molecule has 0 heterocycles. The van der Waals surface area contributed by atoms with Crippen molar-refractivity contribution in [2.24, 2.45) is 0 Å². The van der Waals surface area contributed by atoms with E-state index in [-0.39, 0.29) is 12.6 Å². The monoisotopic (exact) mass is 293 g/mol. The predicted octanol–water partition coefficient (Wildman–Crippen LogP) is 0.784. The lowest BCUT2D eigenvalue weighted by atomic mass is 9.96. The molecule has 0 aromatic rings. The number of esters is 1. The summed E-state index contributed by atoms with van der Waals surface area (Å²) in [5, 5.41) is 21.1. The number of ether oxygens (including phenoxy) is 1. The molecule has 0 bridgehead atoms. The molecule has 0 radical (unpaired) electrons. The van der Waals surface area contributed by atoms with Crippen molar-refractivity contribution in [1.82, 2.24) is 5.32 Å². The third kappa shape index (κ3) is 7.77. The smallest absolute Gasteiger partial charge is 0.325 e. The van der Waals surface area contributed by atoms with Gasteiger partial charge >= 0.3 is 5.97 Å². The van der Waals surface area contributed by atoms with Gasteiger partial charge in [0.1, 0.15) is 5.54 Å². The van der Waals surface area contributed by atoms with Crippen molar-refractivity contribution in [3.05, 3.63) is 0 Å². The molecule has 2 unspecified atom stereocenters. The average molecular weight is 293 g/mol. The van der Waals surface area contributed by atoms with Crippen LogP contribution in [0.25, 0.3) is 0 Å². The highest BCUT2D eigenvalue weighted by molar-refractivity contribution is 7.99. The maximum atomic E-state index is 11.8. The lowest BCUT2D eigenvalue weighted by Gasteiger charge is -2.28. The summed E-state index contributed by atoms with van der Waals surface area (Å²) in [5.74, 6) is 1.13. The molecular weight excluding hydrogens is 266 g/mol. The maximum absolute atomic E-state index is 11.8. The molecule has 19 heavy (non-hydrogen) atoms. The van der Waals surface area contributed by atoms with Crippen LogP contribution in [-0.2, 0) is 9.53 Å². The Balaban J connectivity index is 4.02. The van der Waals surface area contributed by atoms with E-state index < -0.39 is 11.6 Å². The van der Waals surface area contributed by atoms with Gasteiger partial charge in [-0.05, 0) is 38.5 Å². The number of rotatable bonds is 11. The lowest BCUT2D eigenvalue weighted by Crippen LogP contribution is -2.50. The number of aliphatic hydroxyl groups excluding tert-OH is 2. The maximum Gasteiger partial charge on any atom is 0.325 e. The molecule has 0 aliphatic heterocycles. The van der Waals surface area contributed by atoms with Gasteiger partial charge in [-0.25, -0.2) is 0 Å². The number of hydrogen-bond donors (Lipinski definition) is 3.